The summed E-state index contributed by atoms with van der Waals surface area (Å²) in [5, 5.41) is 0. The molecule has 0 radical (unpaired) electrons. The fourth-order valence-corrected chi connectivity index (χ4v) is 2.52. The Morgan fingerprint density at radius 3 is 1.77 bits per heavy atom. The molecule has 1 aliphatic rings. The zero-order chi connectivity index (χ0) is 16.3. The van der Waals surface area contributed by atoms with E-state index in [-0.39, 0.29) is 0 Å². The molecule has 1 aromatic rings. The summed E-state index contributed by atoms with van der Waals surface area (Å²) in [5.74, 6) is 0. The Balaban J connectivity index is 2.44. The molecular weight excluding hydrogens is 270 g/mol. The van der Waals surface area contributed by atoms with Gasteiger partial charge in [0.15, 0.2) is 5.71 Å². The normalized spacial score (nSPS) is 13.4. The Labute approximate surface area is 134 Å². The Bertz CT molecular complexity index is 634. The molecule has 0 saturated heterocycles. The third-order valence-electron chi connectivity index (χ3n) is 3.76. The largest absolute Gasteiger partial charge is 0.378 e. The molecule has 0 N–H and O–H groups in total. The van der Waals surface area contributed by atoms with Crippen LogP contribution in [0.25, 0.3) is 5.70 Å². The van der Waals surface area contributed by atoms with Gasteiger partial charge in [-0.05, 0) is 35.4 Å². The third kappa shape index (κ3) is 3.48. The van der Waals surface area contributed by atoms with E-state index in [4.69, 9.17) is 0 Å². The molecular formula is C19H26N3+. The van der Waals surface area contributed by atoms with E-state index < -0.39 is 0 Å². The van der Waals surface area contributed by atoms with Crippen molar-refractivity contribution >= 4 is 17.1 Å². The average Bonchev–Trinajstić information content (AvgIpc) is 2.48. The molecule has 2 rings (SSSR count). The predicted molar refractivity (Wildman–Crippen MR) is 96.8 cm³/mol. The highest BCUT2D eigenvalue weighted by Gasteiger charge is 2.12. The third-order valence-corrected chi connectivity index (χ3v) is 3.76. The first-order chi connectivity index (χ1) is 10.4. The van der Waals surface area contributed by atoms with Crippen LogP contribution in [0.4, 0.5) is 5.69 Å². The maximum absolute atomic E-state index is 2.19. The molecule has 0 amide bonds. The van der Waals surface area contributed by atoms with Crippen molar-refractivity contribution < 1.29 is 4.58 Å². The van der Waals surface area contributed by atoms with Gasteiger partial charge < -0.3 is 9.80 Å². The first-order valence-corrected chi connectivity index (χ1v) is 7.50. The van der Waals surface area contributed by atoms with Gasteiger partial charge >= 0.3 is 0 Å². The van der Waals surface area contributed by atoms with Gasteiger partial charge in [0, 0.05) is 46.0 Å². The molecule has 3 heteroatoms. The molecule has 0 heterocycles. The Kier molecular flexibility index (Phi) is 4.86. The summed E-state index contributed by atoms with van der Waals surface area (Å²) in [6, 6.07) is 8.69. The first kappa shape index (κ1) is 16.1. The number of rotatable bonds is 3. The van der Waals surface area contributed by atoms with Crippen LogP contribution >= 0.6 is 0 Å². The maximum Gasteiger partial charge on any atom is 0.199 e. The lowest BCUT2D eigenvalue weighted by molar-refractivity contribution is -0.462. The predicted octanol–water partition coefficient (Wildman–Crippen LogP) is 2.86. The summed E-state index contributed by atoms with van der Waals surface area (Å²) >= 11 is 0. The number of benzene rings is 1. The standard InChI is InChI=1S/C19H26N3/c1-20(2)17-11-7-15(8-12-17)19(22(5)6)16-9-13-18(14-10-16)21(3)4/h7-14H,1-6H3/q+1. The van der Waals surface area contributed by atoms with E-state index in [0.717, 1.165) is 0 Å². The van der Waals surface area contributed by atoms with E-state index in [1.807, 2.05) is 0 Å². The summed E-state index contributed by atoms with van der Waals surface area (Å²) in [6.45, 7) is 0. The smallest absolute Gasteiger partial charge is 0.199 e. The molecule has 0 unspecified atom stereocenters. The highest BCUT2D eigenvalue weighted by Crippen LogP contribution is 2.26. The van der Waals surface area contributed by atoms with Crippen molar-refractivity contribution in [2.24, 2.45) is 0 Å². The minimum absolute atomic E-state index is 1.21. The molecule has 3 nitrogen and oxygen atoms in total. The van der Waals surface area contributed by atoms with E-state index in [1.54, 1.807) is 0 Å². The van der Waals surface area contributed by atoms with Gasteiger partial charge in [-0.2, -0.15) is 0 Å². The van der Waals surface area contributed by atoms with E-state index in [2.05, 4.69) is 105 Å². The van der Waals surface area contributed by atoms with E-state index >= 15 is 0 Å². The molecule has 0 spiro atoms. The number of hydrogen-bond acceptors (Lipinski definition) is 2. The molecule has 0 saturated carbocycles. The van der Waals surface area contributed by atoms with E-state index in [1.165, 1.54) is 28.2 Å². The second-order valence-corrected chi connectivity index (χ2v) is 6.13. The number of allylic oxidation sites excluding steroid dienone is 5. The van der Waals surface area contributed by atoms with Crippen LogP contribution in [0.3, 0.4) is 0 Å². The summed E-state index contributed by atoms with van der Waals surface area (Å²) in [6.07, 6.45) is 8.69. The van der Waals surface area contributed by atoms with Crippen LogP contribution in [-0.2, 0) is 0 Å². The number of anilines is 1. The van der Waals surface area contributed by atoms with Gasteiger partial charge in [0.05, 0.1) is 5.70 Å². The van der Waals surface area contributed by atoms with Crippen LogP contribution in [0.1, 0.15) is 5.56 Å². The minimum Gasteiger partial charge on any atom is -0.378 e. The van der Waals surface area contributed by atoms with Crippen molar-refractivity contribution in [3.05, 3.63) is 59.7 Å². The average molecular weight is 296 g/mol. The number of hydrogen-bond donors (Lipinski definition) is 0. The van der Waals surface area contributed by atoms with Crippen LogP contribution < -0.4 is 4.90 Å². The molecule has 0 aromatic heterocycles. The molecule has 0 aliphatic heterocycles. The number of nitrogens with zero attached hydrogens (tertiary/aromatic N) is 3. The lowest BCUT2D eigenvalue weighted by atomic mass is 10.0. The van der Waals surface area contributed by atoms with Crippen molar-refractivity contribution in [2.75, 3.05) is 47.2 Å². The first-order valence-electron chi connectivity index (χ1n) is 7.50. The molecule has 0 fully saturated rings. The Hall–Kier alpha value is -2.29. The second kappa shape index (κ2) is 6.65. The molecule has 1 aromatic carbocycles. The fraction of sp³-hybridized carbons (Fsp3) is 0.316. The summed E-state index contributed by atoms with van der Waals surface area (Å²) in [7, 11) is 12.4. The monoisotopic (exact) mass is 296 g/mol. The Morgan fingerprint density at radius 2 is 1.36 bits per heavy atom. The van der Waals surface area contributed by atoms with Crippen LogP contribution in [0.2, 0.25) is 0 Å². The lowest BCUT2D eigenvalue weighted by Crippen LogP contribution is -2.15. The SMILES string of the molecule is CN(C)C(=C1C=CC(=[N+](C)C)C=C1)c1ccc(N(C)C)cc1. The van der Waals surface area contributed by atoms with Crippen LogP contribution in [0, 0.1) is 0 Å². The van der Waals surface area contributed by atoms with E-state index in [0.29, 0.717) is 0 Å². The van der Waals surface area contributed by atoms with Crippen molar-refractivity contribution in [3.8, 4) is 0 Å². The van der Waals surface area contributed by atoms with Gasteiger partial charge in [-0.25, -0.2) is 4.58 Å². The van der Waals surface area contributed by atoms with Crippen LogP contribution in [0.15, 0.2) is 54.1 Å². The van der Waals surface area contributed by atoms with Gasteiger partial charge in [0.2, 0.25) is 0 Å². The molecule has 116 valence electrons. The van der Waals surface area contributed by atoms with Gasteiger partial charge in [-0.1, -0.05) is 12.1 Å². The fourth-order valence-electron chi connectivity index (χ4n) is 2.52. The summed E-state index contributed by atoms with van der Waals surface area (Å²) in [5.41, 5.74) is 6.12. The van der Waals surface area contributed by atoms with Gasteiger partial charge in [-0.3, -0.25) is 0 Å². The summed E-state index contributed by atoms with van der Waals surface area (Å²) in [4.78, 5) is 4.29. The highest BCUT2D eigenvalue weighted by molar-refractivity contribution is 6.03. The van der Waals surface area contributed by atoms with Crippen LogP contribution in [-0.4, -0.2) is 57.5 Å². The van der Waals surface area contributed by atoms with Gasteiger partial charge in [0.25, 0.3) is 0 Å². The van der Waals surface area contributed by atoms with Crippen LogP contribution in [0.5, 0.6) is 0 Å². The Morgan fingerprint density at radius 1 is 0.818 bits per heavy atom. The molecule has 22 heavy (non-hydrogen) atoms. The minimum atomic E-state index is 1.21. The van der Waals surface area contributed by atoms with Crippen molar-refractivity contribution in [2.45, 2.75) is 0 Å². The van der Waals surface area contributed by atoms with Gasteiger partial charge in [0.1, 0.15) is 14.1 Å². The quantitative estimate of drug-likeness (QED) is 0.794. The topological polar surface area (TPSA) is 9.49 Å². The van der Waals surface area contributed by atoms with Crippen molar-refractivity contribution in [3.63, 3.8) is 0 Å². The zero-order valence-corrected chi connectivity index (χ0v) is 14.5. The maximum atomic E-state index is 2.19. The summed E-state index contributed by atoms with van der Waals surface area (Å²) < 4.78 is 2.12. The van der Waals surface area contributed by atoms with Gasteiger partial charge in [-0.15, -0.1) is 0 Å². The zero-order valence-electron chi connectivity index (χ0n) is 14.5. The second-order valence-electron chi connectivity index (χ2n) is 6.13. The highest BCUT2D eigenvalue weighted by atomic mass is 15.1. The van der Waals surface area contributed by atoms with Crippen molar-refractivity contribution in [1.29, 1.82) is 0 Å². The molecule has 0 bridgehead atoms. The van der Waals surface area contributed by atoms with Crippen molar-refractivity contribution in [1.82, 2.24) is 4.90 Å². The van der Waals surface area contributed by atoms with E-state index in [9.17, 15) is 0 Å². The lowest BCUT2D eigenvalue weighted by Gasteiger charge is -2.22. The molecule has 1 aliphatic carbocycles. The molecule has 0 atom stereocenters.